The molecule has 4 nitrogen and oxygen atoms in total. The summed E-state index contributed by atoms with van der Waals surface area (Å²) in [5, 5.41) is 0. The molecule has 0 aliphatic carbocycles. The second-order valence-corrected chi connectivity index (χ2v) is 8.13. The Hall–Kier alpha value is -1.06. The number of rotatable bonds is 14. The molecule has 25 heavy (non-hydrogen) atoms. The highest BCUT2D eigenvalue weighted by Gasteiger charge is 2.12. The normalized spacial score (nSPS) is 13.8. The van der Waals surface area contributed by atoms with Crippen molar-refractivity contribution in [3.05, 3.63) is 0 Å². The number of hydrogen-bond acceptors (Lipinski definition) is 4. The Morgan fingerprint density at radius 1 is 0.600 bits per heavy atom. The van der Waals surface area contributed by atoms with Crippen LogP contribution in [-0.4, -0.2) is 24.1 Å². The van der Waals surface area contributed by atoms with Gasteiger partial charge in [-0.2, -0.15) is 0 Å². The predicted molar refractivity (Wildman–Crippen MR) is 102 cm³/mol. The molecule has 0 spiro atoms. The topological polar surface area (TPSA) is 52.6 Å². The van der Waals surface area contributed by atoms with Crippen LogP contribution in [0.5, 0.6) is 0 Å². The van der Waals surface area contributed by atoms with Crippen LogP contribution >= 0.6 is 0 Å². The number of hydrogen-bond donors (Lipinski definition) is 0. The molecule has 0 aromatic carbocycles. The van der Waals surface area contributed by atoms with E-state index in [1.54, 1.807) is 0 Å². The zero-order valence-corrected chi connectivity index (χ0v) is 17.3. The average molecular weight is 357 g/mol. The van der Waals surface area contributed by atoms with Crippen LogP contribution in [0, 0.1) is 11.8 Å². The van der Waals surface area contributed by atoms with Gasteiger partial charge in [-0.25, -0.2) is 0 Å². The lowest BCUT2D eigenvalue weighted by molar-refractivity contribution is -0.149. The van der Waals surface area contributed by atoms with Gasteiger partial charge in [0.2, 0.25) is 0 Å². The predicted octanol–water partition coefficient (Wildman–Crippen LogP) is 5.67. The van der Waals surface area contributed by atoms with Gasteiger partial charge < -0.3 is 9.47 Å². The molecular weight excluding hydrogens is 316 g/mol. The van der Waals surface area contributed by atoms with Gasteiger partial charge in [-0.15, -0.1) is 0 Å². The maximum atomic E-state index is 11.7. The molecule has 0 aliphatic rings. The van der Waals surface area contributed by atoms with Crippen molar-refractivity contribution in [2.24, 2.45) is 11.8 Å². The molecule has 0 aromatic rings. The number of carbonyl (C=O) groups excluding carboxylic acids is 2. The van der Waals surface area contributed by atoms with Crippen LogP contribution in [0.1, 0.15) is 99.3 Å². The Bertz CT molecular complexity index is 329. The molecule has 0 rings (SSSR count). The highest BCUT2D eigenvalue weighted by atomic mass is 16.5. The maximum absolute atomic E-state index is 11.7. The first-order chi connectivity index (χ1) is 11.7. The van der Waals surface area contributed by atoms with E-state index >= 15 is 0 Å². The van der Waals surface area contributed by atoms with E-state index in [2.05, 4.69) is 27.7 Å². The van der Waals surface area contributed by atoms with Crippen molar-refractivity contribution in [3.63, 3.8) is 0 Å². The molecule has 0 aliphatic heterocycles. The molecule has 0 bridgehead atoms. The van der Waals surface area contributed by atoms with Crippen LogP contribution in [0.15, 0.2) is 0 Å². The van der Waals surface area contributed by atoms with Crippen molar-refractivity contribution in [3.8, 4) is 0 Å². The summed E-state index contributed by atoms with van der Waals surface area (Å²) in [7, 11) is 0. The van der Waals surface area contributed by atoms with Gasteiger partial charge in [-0.05, 0) is 51.4 Å². The van der Waals surface area contributed by atoms with Crippen molar-refractivity contribution in [2.45, 2.75) is 112 Å². The van der Waals surface area contributed by atoms with Crippen LogP contribution in [-0.2, 0) is 19.1 Å². The number of ether oxygens (including phenoxy) is 2. The highest BCUT2D eigenvalue weighted by molar-refractivity contribution is 5.69. The van der Waals surface area contributed by atoms with Crippen LogP contribution in [0.25, 0.3) is 0 Å². The van der Waals surface area contributed by atoms with E-state index in [0.717, 1.165) is 44.9 Å². The van der Waals surface area contributed by atoms with Gasteiger partial charge in [0.05, 0.1) is 12.2 Å². The molecule has 0 aromatic heterocycles. The third-order valence-electron chi connectivity index (χ3n) is 4.03. The first-order valence-electron chi connectivity index (χ1n) is 10.1. The van der Waals surface area contributed by atoms with E-state index in [1.165, 1.54) is 0 Å². The summed E-state index contributed by atoms with van der Waals surface area (Å²) in [6.45, 7) is 12.4. The Kier molecular flexibility index (Phi) is 13.5. The molecule has 0 N–H and O–H groups in total. The van der Waals surface area contributed by atoms with Crippen molar-refractivity contribution in [1.82, 2.24) is 0 Å². The van der Waals surface area contributed by atoms with Crippen LogP contribution in [0.4, 0.5) is 0 Å². The van der Waals surface area contributed by atoms with Gasteiger partial charge >= 0.3 is 11.9 Å². The van der Waals surface area contributed by atoms with E-state index in [9.17, 15) is 9.59 Å². The van der Waals surface area contributed by atoms with E-state index in [0.29, 0.717) is 24.7 Å². The summed E-state index contributed by atoms with van der Waals surface area (Å²) in [6, 6.07) is 0. The van der Waals surface area contributed by atoms with Gasteiger partial charge in [-0.1, -0.05) is 47.0 Å². The van der Waals surface area contributed by atoms with E-state index < -0.39 is 0 Å². The van der Waals surface area contributed by atoms with E-state index in [1.807, 2.05) is 13.8 Å². The second kappa shape index (κ2) is 14.1. The fourth-order valence-corrected chi connectivity index (χ4v) is 3.06. The SMILES string of the molecule is CC(C)CC(C)OC(=O)CCCCCCCC(=O)OC(C)CC(C)C. The Balaban J connectivity index is 3.54. The summed E-state index contributed by atoms with van der Waals surface area (Å²) in [4.78, 5) is 23.4. The minimum atomic E-state index is -0.0872. The van der Waals surface area contributed by atoms with Crippen LogP contribution in [0.2, 0.25) is 0 Å². The zero-order chi connectivity index (χ0) is 19.2. The molecule has 0 fully saturated rings. The monoisotopic (exact) mass is 356 g/mol. The third-order valence-corrected chi connectivity index (χ3v) is 4.03. The molecule has 4 heteroatoms. The Morgan fingerprint density at radius 3 is 1.24 bits per heavy atom. The lowest BCUT2D eigenvalue weighted by Gasteiger charge is -2.15. The molecule has 2 unspecified atom stereocenters. The second-order valence-electron chi connectivity index (χ2n) is 8.13. The van der Waals surface area contributed by atoms with Crippen molar-refractivity contribution in [1.29, 1.82) is 0 Å². The van der Waals surface area contributed by atoms with Gasteiger partial charge in [0, 0.05) is 12.8 Å². The van der Waals surface area contributed by atoms with Crippen molar-refractivity contribution < 1.29 is 19.1 Å². The maximum Gasteiger partial charge on any atom is 0.306 e. The summed E-state index contributed by atoms with van der Waals surface area (Å²) in [6.07, 6.45) is 7.63. The third kappa shape index (κ3) is 16.2. The lowest BCUT2D eigenvalue weighted by atomic mass is 10.1. The van der Waals surface area contributed by atoms with Gasteiger partial charge in [-0.3, -0.25) is 9.59 Å². The van der Waals surface area contributed by atoms with Gasteiger partial charge in [0.15, 0.2) is 0 Å². The quantitative estimate of drug-likeness (QED) is 0.297. The molecule has 0 radical (unpaired) electrons. The summed E-state index contributed by atoms with van der Waals surface area (Å²) < 4.78 is 10.8. The smallest absolute Gasteiger partial charge is 0.306 e. The Labute approximate surface area is 155 Å². The molecule has 0 amide bonds. The van der Waals surface area contributed by atoms with Crippen molar-refractivity contribution in [2.75, 3.05) is 0 Å². The minimum absolute atomic E-state index is 0.0107. The average Bonchev–Trinajstić information content (AvgIpc) is 2.43. The standard InChI is InChI=1S/C21H40O4/c1-16(2)14-18(5)24-20(22)12-10-8-7-9-11-13-21(23)25-19(6)15-17(3)4/h16-19H,7-15H2,1-6H3. The van der Waals surface area contributed by atoms with Gasteiger partial charge in [0.25, 0.3) is 0 Å². The Morgan fingerprint density at radius 2 is 0.920 bits per heavy atom. The minimum Gasteiger partial charge on any atom is -0.463 e. The summed E-state index contributed by atoms with van der Waals surface area (Å²) in [5.41, 5.74) is 0. The molecule has 0 heterocycles. The fourth-order valence-electron chi connectivity index (χ4n) is 3.06. The van der Waals surface area contributed by atoms with Gasteiger partial charge in [0.1, 0.15) is 0 Å². The first-order valence-corrected chi connectivity index (χ1v) is 10.1. The van der Waals surface area contributed by atoms with E-state index in [-0.39, 0.29) is 24.1 Å². The van der Waals surface area contributed by atoms with Crippen LogP contribution in [0.3, 0.4) is 0 Å². The number of unbranched alkanes of at least 4 members (excludes halogenated alkanes) is 4. The molecule has 148 valence electrons. The summed E-state index contributed by atoms with van der Waals surface area (Å²) >= 11 is 0. The fraction of sp³-hybridized carbons (Fsp3) is 0.905. The number of carbonyl (C=O) groups is 2. The molecule has 2 atom stereocenters. The number of esters is 2. The first kappa shape index (κ1) is 23.9. The highest BCUT2D eigenvalue weighted by Crippen LogP contribution is 2.13. The van der Waals surface area contributed by atoms with Crippen molar-refractivity contribution >= 4 is 11.9 Å². The zero-order valence-electron chi connectivity index (χ0n) is 17.3. The van der Waals surface area contributed by atoms with Crippen LogP contribution < -0.4 is 0 Å². The largest absolute Gasteiger partial charge is 0.463 e. The van der Waals surface area contributed by atoms with E-state index in [4.69, 9.17) is 9.47 Å². The molecule has 0 saturated heterocycles. The lowest BCUT2D eigenvalue weighted by Crippen LogP contribution is -2.16. The molecular formula is C21H40O4. The molecule has 0 saturated carbocycles. The summed E-state index contributed by atoms with van der Waals surface area (Å²) in [5.74, 6) is 0.914.